The van der Waals surface area contributed by atoms with E-state index < -0.39 is 0 Å². The van der Waals surface area contributed by atoms with Gasteiger partial charge in [0.15, 0.2) is 0 Å². The molecule has 0 radical (unpaired) electrons. The lowest BCUT2D eigenvalue weighted by molar-refractivity contribution is 0.504. The number of oxazole rings is 1. The molecule has 1 aliphatic carbocycles. The summed E-state index contributed by atoms with van der Waals surface area (Å²) in [5.41, 5.74) is 2.78. The molecular formula is C19H17FN2O. The van der Waals surface area contributed by atoms with Gasteiger partial charge in [0.05, 0.1) is 5.69 Å². The number of halogens is 1. The maximum absolute atomic E-state index is 13.5. The average molecular weight is 308 g/mol. The molecule has 4 heteroatoms. The molecule has 23 heavy (non-hydrogen) atoms. The first-order valence-corrected chi connectivity index (χ1v) is 7.95. The molecule has 116 valence electrons. The van der Waals surface area contributed by atoms with Crippen LogP contribution in [0.4, 0.5) is 4.39 Å². The molecule has 0 fully saturated rings. The number of pyridine rings is 1. The monoisotopic (exact) mass is 308 g/mol. The van der Waals surface area contributed by atoms with Crippen molar-refractivity contribution in [2.24, 2.45) is 0 Å². The number of rotatable bonds is 2. The van der Waals surface area contributed by atoms with Crippen molar-refractivity contribution >= 4 is 0 Å². The number of benzene rings is 1. The minimum absolute atomic E-state index is 0.179. The normalized spacial score (nSPS) is 17.5. The highest BCUT2D eigenvalue weighted by Crippen LogP contribution is 2.33. The molecule has 0 spiro atoms. The van der Waals surface area contributed by atoms with Crippen molar-refractivity contribution in [1.29, 1.82) is 0 Å². The third kappa shape index (κ3) is 2.89. The SMILES string of the molecule is Fc1cccc(C2CCCc3oc(-c4ccccn4)nc3C2)c1. The summed E-state index contributed by atoms with van der Waals surface area (Å²) < 4.78 is 19.4. The second-order valence-electron chi connectivity index (χ2n) is 5.95. The molecule has 3 nitrogen and oxygen atoms in total. The molecule has 1 aromatic carbocycles. The number of hydrogen-bond acceptors (Lipinski definition) is 3. The maximum Gasteiger partial charge on any atom is 0.245 e. The van der Waals surface area contributed by atoms with Gasteiger partial charge >= 0.3 is 0 Å². The minimum atomic E-state index is -0.179. The van der Waals surface area contributed by atoms with Crippen LogP contribution in [-0.4, -0.2) is 9.97 Å². The Balaban J connectivity index is 1.65. The second kappa shape index (κ2) is 5.95. The van der Waals surface area contributed by atoms with Crippen LogP contribution in [-0.2, 0) is 12.8 Å². The van der Waals surface area contributed by atoms with Crippen LogP contribution in [0.2, 0.25) is 0 Å². The molecule has 1 unspecified atom stereocenters. The topological polar surface area (TPSA) is 38.9 Å². The molecule has 0 saturated heterocycles. The van der Waals surface area contributed by atoms with Gasteiger partial charge in [0.25, 0.3) is 0 Å². The standard InChI is InChI=1S/C19H17FN2O/c20-15-7-3-5-13(11-15)14-6-4-9-18-17(12-14)22-19(23-18)16-8-1-2-10-21-16/h1-3,5,7-8,10-11,14H,4,6,9,12H2. The van der Waals surface area contributed by atoms with Gasteiger partial charge in [0, 0.05) is 19.0 Å². The maximum atomic E-state index is 13.5. The zero-order chi connectivity index (χ0) is 15.6. The van der Waals surface area contributed by atoms with E-state index in [9.17, 15) is 4.39 Å². The van der Waals surface area contributed by atoms with E-state index in [1.165, 1.54) is 6.07 Å². The van der Waals surface area contributed by atoms with Gasteiger partial charge in [-0.15, -0.1) is 0 Å². The van der Waals surface area contributed by atoms with Crippen LogP contribution in [0.15, 0.2) is 53.1 Å². The molecule has 1 atom stereocenters. The number of aromatic nitrogens is 2. The number of hydrogen-bond donors (Lipinski definition) is 0. The first-order valence-electron chi connectivity index (χ1n) is 7.95. The van der Waals surface area contributed by atoms with Crippen molar-refractivity contribution in [1.82, 2.24) is 9.97 Å². The van der Waals surface area contributed by atoms with E-state index in [1.807, 2.05) is 24.3 Å². The Morgan fingerprint density at radius 1 is 1.13 bits per heavy atom. The summed E-state index contributed by atoms with van der Waals surface area (Å²) in [7, 11) is 0. The molecule has 4 rings (SSSR count). The Morgan fingerprint density at radius 2 is 2.09 bits per heavy atom. The quantitative estimate of drug-likeness (QED) is 0.652. The van der Waals surface area contributed by atoms with Gasteiger partial charge in [0.2, 0.25) is 5.89 Å². The summed E-state index contributed by atoms with van der Waals surface area (Å²) >= 11 is 0. The molecule has 2 heterocycles. The summed E-state index contributed by atoms with van der Waals surface area (Å²) in [4.78, 5) is 8.96. The number of aryl methyl sites for hydroxylation is 1. The van der Waals surface area contributed by atoms with Gasteiger partial charge in [0.1, 0.15) is 17.3 Å². The van der Waals surface area contributed by atoms with Crippen molar-refractivity contribution < 1.29 is 8.81 Å². The van der Waals surface area contributed by atoms with Gasteiger partial charge in [-0.1, -0.05) is 18.2 Å². The van der Waals surface area contributed by atoms with Crippen molar-refractivity contribution in [3.05, 3.63) is 71.5 Å². The van der Waals surface area contributed by atoms with E-state index in [0.29, 0.717) is 5.89 Å². The lowest BCUT2D eigenvalue weighted by Gasteiger charge is -2.13. The summed E-state index contributed by atoms with van der Waals surface area (Å²) in [6, 6.07) is 12.6. The smallest absolute Gasteiger partial charge is 0.245 e. The molecular weight excluding hydrogens is 291 g/mol. The van der Waals surface area contributed by atoms with E-state index in [2.05, 4.69) is 9.97 Å². The fraction of sp³-hybridized carbons (Fsp3) is 0.263. The second-order valence-corrected chi connectivity index (χ2v) is 5.95. The number of fused-ring (bicyclic) bond motifs is 1. The summed E-state index contributed by atoms with van der Waals surface area (Å²) in [6.45, 7) is 0. The van der Waals surface area contributed by atoms with Crippen molar-refractivity contribution in [3.63, 3.8) is 0 Å². The average Bonchev–Trinajstić information content (AvgIpc) is 2.87. The van der Waals surface area contributed by atoms with Gasteiger partial charge in [-0.3, -0.25) is 4.98 Å². The zero-order valence-electron chi connectivity index (χ0n) is 12.7. The van der Waals surface area contributed by atoms with Gasteiger partial charge in [-0.2, -0.15) is 0 Å². The zero-order valence-corrected chi connectivity index (χ0v) is 12.7. The van der Waals surface area contributed by atoms with E-state index >= 15 is 0 Å². The Hall–Kier alpha value is -2.49. The van der Waals surface area contributed by atoms with Crippen LogP contribution in [0.3, 0.4) is 0 Å². The molecule has 0 aliphatic heterocycles. The van der Waals surface area contributed by atoms with Gasteiger partial charge < -0.3 is 4.42 Å². The lowest BCUT2D eigenvalue weighted by atomic mass is 9.91. The van der Waals surface area contributed by atoms with Crippen molar-refractivity contribution in [2.75, 3.05) is 0 Å². The molecule has 3 aromatic rings. The van der Waals surface area contributed by atoms with Crippen LogP contribution >= 0.6 is 0 Å². The molecule has 0 N–H and O–H groups in total. The predicted molar refractivity (Wildman–Crippen MR) is 85.5 cm³/mol. The van der Waals surface area contributed by atoms with Gasteiger partial charge in [-0.05, 0) is 48.6 Å². The highest BCUT2D eigenvalue weighted by molar-refractivity contribution is 5.47. The molecule has 1 aliphatic rings. The van der Waals surface area contributed by atoms with E-state index in [1.54, 1.807) is 18.3 Å². The molecule has 0 saturated carbocycles. The van der Waals surface area contributed by atoms with Crippen LogP contribution in [0.25, 0.3) is 11.6 Å². The minimum Gasteiger partial charge on any atom is -0.440 e. The Kier molecular flexibility index (Phi) is 3.66. The highest BCUT2D eigenvalue weighted by Gasteiger charge is 2.24. The fourth-order valence-corrected chi connectivity index (χ4v) is 3.23. The Bertz CT molecular complexity index is 813. The van der Waals surface area contributed by atoms with Gasteiger partial charge in [-0.25, -0.2) is 9.37 Å². The largest absolute Gasteiger partial charge is 0.440 e. The molecule has 0 amide bonds. The molecule has 2 aromatic heterocycles. The summed E-state index contributed by atoms with van der Waals surface area (Å²) in [5, 5.41) is 0. The summed E-state index contributed by atoms with van der Waals surface area (Å²) in [6.07, 6.45) is 5.44. The Morgan fingerprint density at radius 3 is 2.91 bits per heavy atom. The van der Waals surface area contributed by atoms with Crippen LogP contribution in [0.5, 0.6) is 0 Å². The first-order chi connectivity index (χ1) is 11.3. The van der Waals surface area contributed by atoms with E-state index in [-0.39, 0.29) is 11.7 Å². The van der Waals surface area contributed by atoms with E-state index in [0.717, 1.165) is 48.4 Å². The third-order valence-electron chi connectivity index (χ3n) is 4.38. The van der Waals surface area contributed by atoms with Crippen molar-refractivity contribution in [2.45, 2.75) is 31.6 Å². The Labute approximate surface area is 134 Å². The molecule has 0 bridgehead atoms. The number of nitrogens with zero attached hydrogens (tertiary/aromatic N) is 2. The highest BCUT2D eigenvalue weighted by atomic mass is 19.1. The van der Waals surface area contributed by atoms with Crippen LogP contribution in [0.1, 0.15) is 35.8 Å². The van der Waals surface area contributed by atoms with Crippen molar-refractivity contribution in [3.8, 4) is 11.6 Å². The van der Waals surface area contributed by atoms with E-state index in [4.69, 9.17) is 4.42 Å². The fourth-order valence-electron chi connectivity index (χ4n) is 3.23. The van der Waals surface area contributed by atoms with Crippen LogP contribution in [0, 0.1) is 5.82 Å². The third-order valence-corrected chi connectivity index (χ3v) is 4.38. The van der Waals surface area contributed by atoms with Crippen LogP contribution < -0.4 is 0 Å². The predicted octanol–water partition coefficient (Wildman–Crippen LogP) is 4.54. The summed E-state index contributed by atoms with van der Waals surface area (Å²) in [5.74, 6) is 1.63. The lowest BCUT2D eigenvalue weighted by Crippen LogP contribution is -2.02. The first kappa shape index (κ1) is 14.1.